The summed E-state index contributed by atoms with van der Waals surface area (Å²) in [4.78, 5) is 12.5. The lowest BCUT2D eigenvalue weighted by Crippen LogP contribution is -2.20. The summed E-state index contributed by atoms with van der Waals surface area (Å²) < 4.78 is 5.52. The normalized spacial score (nSPS) is 11.2. The third-order valence-electron chi connectivity index (χ3n) is 3.98. The molecule has 26 heavy (non-hydrogen) atoms. The van der Waals surface area contributed by atoms with E-state index >= 15 is 0 Å². The molecule has 0 bridgehead atoms. The van der Waals surface area contributed by atoms with Crippen LogP contribution in [-0.4, -0.2) is 18.2 Å². The van der Waals surface area contributed by atoms with Crippen LogP contribution in [0.1, 0.15) is 22.8 Å². The van der Waals surface area contributed by atoms with Gasteiger partial charge in [0.15, 0.2) is 0 Å². The Bertz CT molecular complexity index is 977. The Balaban J connectivity index is 1.77. The number of hydrogen-bond donors (Lipinski definition) is 1. The number of fused-ring (bicyclic) bond motifs is 1. The van der Waals surface area contributed by atoms with Crippen LogP contribution >= 0.6 is 0 Å². The lowest BCUT2D eigenvalue weighted by Gasteiger charge is -2.09. The molecule has 0 radical (unpaired) electrons. The van der Waals surface area contributed by atoms with E-state index in [1.54, 1.807) is 24.3 Å². The van der Waals surface area contributed by atoms with E-state index in [1.165, 1.54) is 5.39 Å². The first-order valence-corrected chi connectivity index (χ1v) is 8.35. The van der Waals surface area contributed by atoms with Crippen molar-refractivity contribution in [2.75, 3.05) is 6.61 Å². The zero-order chi connectivity index (χ0) is 18.4. The predicted octanol–water partition coefficient (Wildman–Crippen LogP) is 4.56. The van der Waals surface area contributed by atoms with Gasteiger partial charge in [-0.15, -0.1) is 0 Å². The Morgan fingerprint density at radius 3 is 2.62 bits per heavy atom. The highest BCUT2D eigenvalue weighted by atomic mass is 16.5. The number of para-hydroxylation sites is 1. The van der Waals surface area contributed by atoms with Crippen LogP contribution in [0.25, 0.3) is 10.8 Å². The van der Waals surface area contributed by atoms with Gasteiger partial charge in [-0.1, -0.05) is 61.2 Å². The van der Waals surface area contributed by atoms with E-state index in [1.807, 2.05) is 37.3 Å². The summed E-state index contributed by atoms with van der Waals surface area (Å²) in [6.45, 7) is 5.82. The predicted molar refractivity (Wildman–Crippen MR) is 106 cm³/mol. The summed E-state index contributed by atoms with van der Waals surface area (Å²) in [5.41, 5.74) is 4.73. The fourth-order valence-corrected chi connectivity index (χ4v) is 2.60. The van der Waals surface area contributed by atoms with Gasteiger partial charge in [0.25, 0.3) is 5.91 Å². The van der Waals surface area contributed by atoms with Crippen molar-refractivity contribution in [1.82, 2.24) is 5.43 Å². The molecule has 1 N–H and O–H groups in total. The van der Waals surface area contributed by atoms with Gasteiger partial charge in [-0.3, -0.25) is 4.79 Å². The average molecular weight is 344 g/mol. The molecule has 4 nitrogen and oxygen atoms in total. The van der Waals surface area contributed by atoms with Crippen LogP contribution in [-0.2, 0) is 0 Å². The van der Waals surface area contributed by atoms with Crippen LogP contribution in [0, 0.1) is 0 Å². The molecule has 4 heteroatoms. The highest BCUT2D eigenvalue weighted by Crippen LogP contribution is 2.18. The summed E-state index contributed by atoms with van der Waals surface area (Å²) in [5, 5.41) is 6.54. The first-order chi connectivity index (χ1) is 12.7. The molecule has 1 amide bonds. The van der Waals surface area contributed by atoms with E-state index in [-0.39, 0.29) is 5.91 Å². The number of nitrogens with one attached hydrogen (secondary N) is 1. The van der Waals surface area contributed by atoms with Gasteiger partial charge in [0.1, 0.15) is 12.4 Å². The molecule has 0 aromatic heterocycles. The van der Waals surface area contributed by atoms with Gasteiger partial charge in [0.2, 0.25) is 0 Å². The Morgan fingerprint density at radius 1 is 1.08 bits per heavy atom. The maximum Gasteiger partial charge on any atom is 0.275 e. The molecule has 0 atom stereocenters. The summed E-state index contributed by atoms with van der Waals surface area (Å²) in [5.74, 6) is 0.188. The van der Waals surface area contributed by atoms with Gasteiger partial charge in [-0.2, -0.15) is 5.10 Å². The second-order valence-corrected chi connectivity index (χ2v) is 5.80. The molecule has 0 saturated heterocycles. The fourth-order valence-electron chi connectivity index (χ4n) is 2.60. The van der Waals surface area contributed by atoms with Crippen molar-refractivity contribution in [2.24, 2.45) is 5.10 Å². The molecule has 0 heterocycles. The fraction of sp³-hybridized carbons (Fsp3) is 0.0909. The third-order valence-corrected chi connectivity index (χ3v) is 3.98. The minimum atomic E-state index is -0.315. The van der Waals surface area contributed by atoms with Gasteiger partial charge < -0.3 is 4.74 Å². The second-order valence-electron chi connectivity index (χ2n) is 5.80. The molecule has 0 spiro atoms. The Kier molecular flexibility index (Phi) is 5.44. The average Bonchev–Trinajstić information content (AvgIpc) is 2.70. The molecule has 0 saturated carbocycles. The Labute approximate surface area is 152 Å². The molecular weight excluding hydrogens is 324 g/mol. The number of rotatable bonds is 6. The van der Waals surface area contributed by atoms with Crippen LogP contribution in [0.2, 0.25) is 0 Å². The van der Waals surface area contributed by atoms with E-state index in [0.29, 0.717) is 17.9 Å². The van der Waals surface area contributed by atoms with Crippen molar-refractivity contribution in [3.63, 3.8) is 0 Å². The topological polar surface area (TPSA) is 50.7 Å². The standard InChI is InChI=1S/C22H20N2O2/c1-3-14-26-21-11-7-6-10-20(21)22(25)24-23-16(2)18-13-12-17-8-4-5-9-19(17)15-18/h3-13,15H,1,14H2,2H3,(H,24,25)/b23-16+. The molecule has 130 valence electrons. The largest absolute Gasteiger partial charge is 0.489 e. The van der Waals surface area contributed by atoms with E-state index in [9.17, 15) is 4.79 Å². The number of carbonyl (C=O) groups is 1. The molecule has 0 aliphatic heterocycles. The van der Waals surface area contributed by atoms with Gasteiger partial charge in [-0.25, -0.2) is 5.43 Å². The van der Waals surface area contributed by atoms with E-state index < -0.39 is 0 Å². The van der Waals surface area contributed by atoms with Gasteiger partial charge in [0, 0.05) is 0 Å². The molecule has 0 aliphatic carbocycles. The van der Waals surface area contributed by atoms with Crippen LogP contribution < -0.4 is 10.2 Å². The highest BCUT2D eigenvalue weighted by molar-refractivity contribution is 6.03. The molecule has 0 unspecified atom stereocenters. The number of amides is 1. The lowest BCUT2D eigenvalue weighted by molar-refractivity contribution is 0.0951. The summed E-state index contributed by atoms with van der Waals surface area (Å²) in [6.07, 6.45) is 1.64. The van der Waals surface area contributed by atoms with Crippen molar-refractivity contribution < 1.29 is 9.53 Å². The molecule has 3 aromatic carbocycles. The van der Waals surface area contributed by atoms with Gasteiger partial charge in [0.05, 0.1) is 11.3 Å². The van der Waals surface area contributed by atoms with Crippen molar-refractivity contribution >= 4 is 22.4 Å². The second kappa shape index (κ2) is 8.12. The van der Waals surface area contributed by atoms with Gasteiger partial charge >= 0.3 is 0 Å². The smallest absolute Gasteiger partial charge is 0.275 e. The van der Waals surface area contributed by atoms with Crippen LogP contribution in [0.3, 0.4) is 0 Å². The maximum atomic E-state index is 12.5. The monoisotopic (exact) mass is 344 g/mol. The minimum absolute atomic E-state index is 0.315. The molecule has 0 aliphatic rings. The van der Waals surface area contributed by atoms with E-state index in [4.69, 9.17) is 4.74 Å². The number of hydrogen-bond acceptors (Lipinski definition) is 3. The van der Waals surface area contributed by atoms with Crippen molar-refractivity contribution in [1.29, 1.82) is 0 Å². The zero-order valence-electron chi connectivity index (χ0n) is 14.6. The van der Waals surface area contributed by atoms with Crippen LogP contribution in [0.5, 0.6) is 5.75 Å². The van der Waals surface area contributed by atoms with Crippen LogP contribution in [0.4, 0.5) is 0 Å². The third kappa shape index (κ3) is 3.98. The number of carbonyl (C=O) groups excluding carboxylic acids is 1. The molecular formula is C22H20N2O2. The number of nitrogens with zero attached hydrogens (tertiary/aromatic N) is 1. The zero-order valence-corrected chi connectivity index (χ0v) is 14.6. The van der Waals surface area contributed by atoms with E-state index in [2.05, 4.69) is 35.3 Å². The minimum Gasteiger partial charge on any atom is -0.489 e. The lowest BCUT2D eigenvalue weighted by atomic mass is 10.0. The number of benzene rings is 3. The summed E-state index contributed by atoms with van der Waals surface area (Å²) >= 11 is 0. The van der Waals surface area contributed by atoms with Crippen LogP contribution in [0.15, 0.2) is 84.5 Å². The first kappa shape index (κ1) is 17.4. The number of ether oxygens (including phenoxy) is 1. The summed E-state index contributed by atoms with van der Waals surface area (Å²) in [6, 6.07) is 21.3. The number of hydrazone groups is 1. The highest BCUT2D eigenvalue weighted by Gasteiger charge is 2.11. The van der Waals surface area contributed by atoms with E-state index in [0.717, 1.165) is 16.7 Å². The summed E-state index contributed by atoms with van der Waals surface area (Å²) in [7, 11) is 0. The van der Waals surface area contributed by atoms with Crippen molar-refractivity contribution in [3.05, 3.63) is 90.5 Å². The van der Waals surface area contributed by atoms with Crippen molar-refractivity contribution in [2.45, 2.75) is 6.92 Å². The quantitative estimate of drug-likeness (QED) is 0.405. The molecule has 3 rings (SSSR count). The Hall–Kier alpha value is -3.40. The molecule has 0 fully saturated rings. The first-order valence-electron chi connectivity index (χ1n) is 8.35. The Morgan fingerprint density at radius 2 is 1.81 bits per heavy atom. The molecule has 3 aromatic rings. The van der Waals surface area contributed by atoms with Crippen molar-refractivity contribution in [3.8, 4) is 5.75 Å². The van der Waals surface area contributed by atoms with Gasteiger partial charge in [-0.05, 0) is 41.5 Å². The SMILES string of the molecule is C=CCOc1ccccc1C(=O)N/N=C(\C)c1ccc2ccccc2c1. The maximum absolute atomic E-state index is 12.5.